The van der Waals surface area contributed by atoms with Crippen molar-refractivity contribution in [1.29, 1.82) is 0 Å². The Hall–Kier alpha value is -0.0500. The van der Waals surface area contributed by atoms with Crippen LogP contribution in [0, 0.1) is 5.92 Å². The van der Waals surface area contributed by atoms with Crippen LogP contribution in [-0.2, 0) is 4.74 Å². The highest BCUT2D eigenvalue weighted by atomic mass is 79.9. The van der Waals surface area contributed by atoms with Gasteiger partial charge in [0.25, 0.3) is 0 Å². The Kier molecular flexibility index (Phi) is 4.68. The molecule has 0 spiro atoms. The normalized spacial score (nSPS) is 17.4. The van der Waals surface area contributed by atoms with Gasteiger partial charge in [0.05, 0.1) is 6.61 Å². The van der Waals surface area contributed by atoms with E-state index in [1.165, 1.54) is 18.4 Å². The van der Waals surface area contributed by atoms with Crippen molar-refractivity contribution in [2.45, 2.75) is 18.8 Å². The zero-order valence-corrected chi connectivity index (χ0v) is 11.5. The zero-order chi connectivity index (χ0) is 11.4. The van der Waals surface area contributed by atoms with Gasteiger partial charge in [0.15, 0.2) is 0 Å². The third kappa shape index (κ3) is 3.47. The van der Waals surface area contributed by atoms with Gasteiger partial charge in [0, 0.05) is 22.9 Å². The van der Waals surface area contributed by atoms with E-state index in [1.54, 1.807) is 0 Å². The van der Waals surface area contributed by atoms with Crippen molar-refractivity contribution in [3.63, 3.8) is 0 Å². The molecule has 1 atom stereocenters. The van der Waals surface area contributed by atoms with Gasteiger partial charge in [-0.25, -0.2) is 0 Å². The average molecular weight is 304 g/mol. The van der Waals surface area contributed by atoms with Crippen LogP contribution in [0.4, 0.5) is 0 Å². The monoisotopic (exact) mass is 302 g/mol. The molecule has 16 heavy (non-hydrogen) atoms. The van der Waals surface area contributed by atoms with Crippen LogP contribution in [0.5, 0.6) is 0 Å². The summed E-state index contributed by atoms with van der Waals surface area (Å²) >= 11 is 9.56. The fourth-order valence-corrected chi connectivity index (χ4v) is 2.55. The Morgan fingerprint density at radius 3 is 2.75 bits per heavy atom. The number of benzene rings is 1. The minimum Gasteiger partial charge on any atom is -0.380 e. The van der Waals surface area contributed by atoms with Gasteiger partial charge in [-0.15, -0.1) is 11.6 Å². The summed E-state index contributed by atoms with van der Waals surface area (Å²) in [6, 6.07) is 8.22. The summed E-state index contributed by atoms with van der Waals surface area (Å²) in [7, 11) is 0. The fraction of sp³-hybridized carbons (Fsp3) is 0.538. The Bertz CT molecular complexity index is 338. The first-order valence-corrected chi connectivity index (χ1v) is 7.02. The summed E-state index contributed by atoms with van der Waals surface area (Å²) in [5.74, 6) is 1.71. The van der Waals surface area contributed by atoms with E-state index in [9.17, 15) is 0 Å². The van der Waals surface area contributed by atoms with E-state index in [2.05, 4.69) is 28.1 Å². The van der Waals surface area contributed by atoms with Gasteiger partial charge in [-0.05, 0) is 30.4 Å². The highest BCUT2D eigenvalue weighted by molar-refractivity contribution is 9.10. The van der Waals surface area contributed by atoms with Gasteiger partial charge in [0.1, 0.15) is 0 Å². The van der Waals surface area contributed by atoms with Gasteiger partial charge >= 0.3 is 0 Å². The predicted molar refractivity (Wildman–Crippen MR) is 71.1 cm³/mol. The molecule has 1 nitrogen and oxygen atoms in total. The van der Waals surface area contributed by atoms with Crippen molar-refractivity contribution >= 4 is 27.5 Å². The molecule has 1 aromatic rings. The van der Waals surface area contributed by atoms with Crippen LogP contribution in [-0.4, -0.2) is 19.1 Å². The Labute approximate surface area is 110 Å². The molecule has 0 amide bonds. The van der Waals surface area contributed by atoms with Crippen molar-refractivity contribution in [2.24, 2.45) is 5.92 Å². The molecule has 3 heteroatoms. The van der Waals surface area contributed by atoms with Crippen molar-refractivity contribution in [3.05, 3.63) is 34.3 Å². The number of hydrogen-bond acceptors (Lipinski definition) is 1. The topological polar surface area (TPSA) is 9.23 Å². The van der Waals surface area contributed by atoms with Crippen molar-refractivity contribution in [1.82, 2.24) is 0 Å². The number of alkyl halides is 1. The van der Waals surface area contributed by atoms with E-state index in [0.29, 0.717) is 5.88 Å². The quantitative estimate of drug-likeness (QED) is 0.716. The molecule has 0 aromatic heterocycles. The molecule has 0 bridgehead atoms. The van der Waals surface area contributed by atoms with Gasteiger partial charge < -0.3 is 4.74 Å². The lowest BCUT2D eigenvalue weighted by Crippen LogP contribution is -2.11. The molecule has 0 heterocycles. The minimum atomic E-state index is 0.288. The summed E-state index contributed by atoms with van der Waals surface area (Å²) in [4.78, 5) is 0. The smallest absolute Gasteiger partial charge is 0.0546 e. The lowest BCUT2D eigenvalue weighted by Gasteiger charge is -2.16. The van der Waals surface area contributed by atoms with Gasteiger partial charge in [-0.3, -0.25) is 0 Å². The molecule has 1 aliphatic carbocycles. The number of hydrogen-bond donors (Lipinski definition) is 0. The molecule has 88 valence electrons. The first-order valence-electron chi connectivity index (χ1n) is 5.69. The zero-order valence-electron chi connectivity index (χ0n) is 9.16. The molecule has 0 radical (unpaired) electrons. The van der Waals surface area contributed by atoms with E-state index in [-0.39, 0.29) is 5.92 Å². The maximum Gasteiger partial charge on any atom is 0.0546 e. The third-order valence-corrected chi connectivity index (χ3v) is 4.00. The number of ether oxygens (including phenoxy) is 1. The summed E-state index contributed by atoms with van der Waals surface area (Å²) in [5.41, 5.74) is 1.24. The van der Waals surface area contributed by atoms with E-state index < -0.39 is 0 Å². The molecule has 0 N–H and O–H groups in total. The number of rotatable bonds is 6. The van der Waals surface area contributed by atoms with Crippen molar-refractivity contribution in [3.8, 4) is 0 Å². The summed E-state index contributed by atoms with van der Waals surface area (Å²) in [6.45, 7) is 1.63. The summed E-state index contributed by atoms with van der Waals surface area (Å²) in [5, 5.41) is 0. The highest BCUT2D eigenvalue weighted by Crippen LogP contribution is 2.30. The number of halogens is 2. The molecule has 0 saturated heterocycles. The second-order valence-corrected chi connectivity index (χ2v) is 5.52. The molecule has 1 fully saturated rings. The molecule has 0 aliphatic heterocycles. The van der Waals surface area contributed by atoms with E-state index in [4.69, 9.17) is 16.3 Å². The van der Waals surface area contributed by atoms with Crippen LogP contribution in [0.2, 0.25) is 0 Å². The lowest BCUT2D eigenvalue weighted by atomic mass is 10.0. The SMILES string of the molecule is ClCC(COCC1CC1)c1ccccc1Br. The third-order valence-electron chi connectivity index (χ3n) is 2.90. The fourth-order valence-electron chi connectivity index (χ4n) is 1.69. The molecule has 2 rings (SSSR count). The molecule has 1 aromatic carbocycles. The van der Waals surface area contributed by atoms with Crippen LogP contribution < -0.4 is 0 Å². The van der Waals surface area contributed by atoms with Gasteiger partial charge in [-0.2, -0.15) is 0 Å². The van der Waals surface area contributed by atoms with Crippen LogP contribution in [0.3, 0.4) is 0 Å². The Morgan fingerprint density at radius 2 is 2.12 bits per heavy atom. The van der Waals surface area contributed by atoms with E-state index in [0.717, 1.165) is 23.6 Å². The van der Waals surface area contributed by atoms with Crippen molar-refractivity contribution < 1.29 is 4.74 Å². The van der Waals surface area contributed by atoms with Gasteiger partial charge in [-0.1, -0.05) is 34.1 Å². The molecule has 1 unspecified atom stereocenters. The second kappa shape index (κ2) is 6.04. The maximum absolute atomic E-state index is 6.00. The van der Waals surface area contributed by atoms with Gasteiger partial charge in [0.2, 0.25) is 0 Å². The van der Waals surface area contributed by atoms with Crippen LogP contribution in [0.15, 0.2) is 28.7 Å². The van der Waals surface area contributed by atoms with Crippen molar-refractivity contribution in [2.75, 3.05) is 19.1 Å². The Morgan fingerprint density at radius 1 is 1.38 bits per heavy atom. The second-order valence-electron chi connectivity index (χ2n) is 4.35. The largest absolute Gasteiger partial charge is 0.380 e. The summed E-state index contributed by atoms with van der Waals surface area (Å²) < 4.78 is 6.84. The minimum absolute atomic E-state index is 0.288. The van der Waals surface area contributed by atoms with E-state index >= 15 is 0 Å². The predicted octanol–water partition coefficient (Wildman–Crippen LogP) is 4.20. The first-order chi connectivity index (χ1) is 7.81. The van der Waals surface area contributed by atoms with E-state index in [1.807, 2.05) is 12.1 Å². The molecular weight excluding hydrogens is 287 g/mol. The Balaban J connectivity index is 1.90. The van der Waals surface area contributed by atoms with Crippen LogP contribution in [0.25, 0.3) is 0 Å². The highest BCUT2D eigenvalue weighted by Gasteiger charge is 2.22. The maximum atomic E-state index is 6.00. The average Bonchev–Trinajstić information content (AvgIpc) is 3.10. The molecule has 1 aliphatic rings. The summed E-state index contributed by atoms with van der Waals surface area (Å²) in [6.07, 6.45) is 2.67. The van der Waals surface area contributed by atoms with Crippen LogP contribution in [0.1, 0.15) is 24.3 Å². The molecular formula is C13H16BrClO. The first kappa shape index (κ1) is 12.4. The molecule has 1 saturated carbocycles. The standard InChI is InChI=1S/C13H16BrClO/c14-13-4-2-1-3-12(13)11(7-15)9-16-8-10-5-6-10/h1-4,10-11H,5-9H2. The van der Waals surface area contributed by atoms with Crippen LogP contribution >= 0.6 is 27.5 Å². The lowest BCUT2D eigenvalue weighted by molar-refractivity contribution is 0.115.